The summed E-state index contributed by atoms with van der Waals surface area (Å²) in [7, 11) is 5.55. The van der Waals surface area contributed by atoms with Gasteiger partial charge in [0.15, 0.2) is 0 Å². The van der Waals surface area contributed by atoms with Crippen LogP contribution in [-0.4, -0.2) is 55.1 Å². The molecule has 0 saturated heterocycles. The van der Waals surface area contributed by atoms with Crippen LogP contribution in [0, 0.1) is 6.92 Å². The second kappa shape index (κ2) is 9.35. The molecule has 1 heterocycles. The lowest BCUT2D eigenvalue weighted by Gasteiger charge is -2.11. The number of benzene rings is 1. The maximum atomic E-state index is 12.3. The second-order valence-corrected chi connectivity index (χ2v) is 6.51. The Bertz CT molecular complexity index is 767. The van der Waals surface area contributed by atoms with Gasteiger partial charge in [0.25, 0.3) is 5.91 Å². The molecule has 26 heavy (non-hydrogen) atoms. The largest absolute Gasteiger partial charge is 0.495 e. The molecule has 0 saturated carbocycles. The van der Waals surface area contributed by atoms with E-state index in [4.69, 9.17) is 16.3 Å². The Labute approximate surface area is 158 Å². The van der Waals surface area contributed by atoms with Gasteiger partial charge in [-0.2, -0.15) is 0 Å². The fourth-order valence-corrected chi connectivity index (χ4v) is 2.56. The van der Waals surface area contributed by atoms with Crippen LogP contribution in [-0.2, 0) is 0 Å². The van der Waals surface area contributed by atoms with Crippen molar-refractivity contribution in [1.82, 2.24) is 20.2 Å². The van der Waals surface area contributed by atoms with Crippen molar-refractivity contribution < 1.29 is 9.53 Å². The van der Waals surface area contributed by atoms with Crippen molar-refractivity contribution >= 4 is 29.1 Å². The van der Waals surface area contributed by atoms with Crippen molar-refractivity contribution in [3.05, 3.63) is 40.7 Å². The normalized spacial score (nSPS) is 10.7. The molecule has 0 aliphatic heterocycles. The molecule has 0 bridgehead atoms. The number of ether oxygens (including phenoxy) is 1. The zero-order valence-corrected chi connectivity index (χ0v) is 16.2. The van der Waals surface area contributed by atoms with Gasteiger partial charge in [-0.05, 0) is 58.3 Å². The van der Waals surface area contributed by atoms with E-state index in [-0.39, 0.29) is 5.91 Å². The number of rotatable bonds is 8. The van der Waals surface area contributed by atoms with Gasteiger partial charge < -0.3 is 20.3 Å². The molecule has 0 fully saturated rings. The van der Waals surface area contributed by atoms with Crippen molar-refractivity contribution in [1.29, 1.82) is 0 Å². The molecule has 7 nitrogen and oxygen atoms in total. The number of carbonyl (C=O) groups is 1. The van der Waals surface area contributed by atoms with E-state index in [9.17, 15) is 4.79 Å². The lowest BCUT2D eigenvalue weighted by atomic mass is 10.3. The van der Waals surface area contributed by atoms with Gasteiger partial charge >= 0.3 is 0 Å². The number of hydrogen-bond acceptors (Lipinski definition) is 6. The number of aryl methyl sites for hydroxylation is 1. The molecule has 0 aliphatic rings. The summed E-state index contributed by atoms with van der Waals surface area (Å²) in [5.41, 5.74) is 1.73. The van der Waals surface area contributed by atoms with E-state index >= 15 is 0 Å². The molecule has 0 atom stereocenters. The number of methoxy groups -OCH3 is 1. The Morgan fingerprint density at radius 3 is 2.69 bits per heavy atom. The number of hydrogen-bond donors (Lipinski definition) is 2. The Hall–Kier alpha value is -2.38. The standard InChI is InChI=1S/C18H24ClN5O2/c1-12-10-15(17(25)20-8-5-9-24(2)3)23-18(21-12)22-13-6-7-16(26-4)14(19)11-13/h6-7,10-11H,5,8-9H2,1-4H3,(H,20,25)(H,21,22,23). The van der Waals surface area contributed by atoms with Crippen molar-refractivity contribution in [3.63, 3.8) is 0 Å². The molecule has 1 aromatic heterocycles. The number of nitrogens with one attached hydrogen (secondary N) is 2. The highest BCUT2D eigenvalue weighted by molar-refractivity contribution is 6.32. The zero-order valence-electron chi connectivity index (χ0n) is 15.5. The number of halogens is 1. The number of anilines is 2. The zero-order chi connectivity index (χ0) is 19.1. The monoisotopic (exact) mass is 377 g/mol. The van der Waals surface area contributed by atoms with Gasteiger partial charge in [0.2, 0.25) is 5.95 Å². The summed E-state index contributed by atoms with van der Waals surface area (Å²) in [6.45, 7) is 3.32. The molecule has 2 rings (SSSR count). The molecule has 0 spiro atoms. The molecule has 1 amide bonds. The molecular formula is C18H24ClN5O2. The minimum atomic E-state index is -0.218. The van der Waals surface area contributed by atoms with E-state index in [0.29, 0.717) is 40.3 Å². The Kier molecular flexibility index (Phi) is 7.17. The molecule has 2 aromatic rings. The molecule has 0 unspecified atom stereocenters. The fourth-order valence-electron chi connectivity index (χ4n) is 2.30. The molecule has 0 radical (unpaired) electrons. The van der Waals surface area contributed by atoms with Crippen molar-refractivity contribution in [3.8, 4) is 5.75 Å². The second-order valence-electron chi connectivity index (χ2n) is 6.11. The molecule has 8 heteroatoms. The number of amides is 1. The van der Waals surface area contributed by atoms with Gasteiger partial charge in [-0.1, -0.05) is 11.6 Å². The van der Waals surface area contributed by atoms with Gasteiger partial charge in [-0.25, -0.2) is 9.97 Å². The summed E-state index contributed by atoms with van der Waals surface area (Å²) in [6.07, 6.45) is 0.873. The third kappa shape index (κ3) is 5.86. The smallest absolute Gasteiger partial charge is 0.270 e. The molecule has 140 valence electrons. The van der Waals surface area contributed by atoms with E-state index in [1.165, 1.54) is 0 Å². The SMILES string of the molecule is COc1ccc(Nc2nc(C)cc(C(=O)NCCCN(C)C)n2)cc1Cl. The summed E-state index contributed by atoms with van der Waals surface area (Å²) in [6, 6.07) is 6.93. The lowest BCUT2D eigenvalue weighted by molar-refractivity contribution is 0.0947. The van der Waals surface area contributed by atoms with Gasteiger partial charge in [0, 0.05) is 17.9 Å². The van der Waals surface area contributed by atoms with Crippen LogP contribution in [0.3, 0.4) is 0 Å². The fraction of sp³-hybridized carbons (Fsp3) is 0.389. The predicted octanol–water partition coefficient (Wildman–Crippen LogP) is 2.87. The molecular weight excluding hydrogens is 354 g/mol. The molecule has 0 aliphatic carbocycles. The first-order valence-corrected chi connectivity index (χ1v) is 8.66. The average Bonchev–Trinajstić information content (AvgIpc) is 2.58. The van der Waals surface area contributed by atoms with Crippen LogP contribution in [0.5, 0.6) is 5.75 Å². The average molecular weight is 378 g/mol. The van der Waals surface area contributed by atoms with Crippen LogP contribution in [0.15, 0.2) is 24.3 Å². The van der Waals surface area contributed by atoms with E-state index in [1.54, 1.807) is 31.4 Å². The maximum absolute atomic E-state index is 12.3. The molecule has 1 aromatic carbocycles. The highest BCUT2D eigenvalue weighted by Crippen LogP contribution is 2.28. The third-order valence-electron chi connectivity index (χ3n) is 3.56. The summed E-state index contributed by atoms with van der Waals surface area (Å²) < 4.78 is 5.13. The van der Waals surface area contributed by atoms with Gasteiger partial charge in [0.05, 0.1) is 12.1 Å². The van der Waals surface area contributed by atoms with Gasteiger partial charge in [0.1, 0.15) is 11.4 Å². The van der Waals surface area contributed by atoms with E-state index in [0.717, 1.165) is 13.0 Å². The van der Waals surface area contributed by atoms with Crippen molar-refractivity contribution in [2.45, 2.75) is 13.3 Å². The van der Waals surface area contributed by atoms with Gasteiger partial charge in [-0.15, -0.1) is 0 Å². The van der Waals surface area contributed by atoms with E-state index in [2.05, 4.69) is 25.5 Å². The van der Waals surface area contributed by atoms with Crippen LogP contribution in [0.4, 0.5) is 11.6 Å². The molecule has 2 N–H and O–H groups in total. The quantitative estimate of drug-likeness (QED) is 0.688. The number of carbonyl (C=O) groups excluding carboxylic acids is 1. The first-order valence-electron chi connectivity index (χ1n) is 8.28. The third-order valence-corrected chi connectivity index (χ3v) is 3.86. The van der Waals surface area contributed by atoms with Crippen LogP contribution >= 0.6 is 11.6 Å². The maximum Gasteiger partial charge on any atom is 0.270 e. The topological polar surface area (TPSA) is 79.4 Å². The number of nitrogens with zero attached hydrogens (tertiary/aromatic N) is 3. The highest BCUT2D eigenvalue weighted by Gasteiger charge is 2.11. The summed E-state index contributed by atoms with van der Waals surface area (Å²) in [5, 5.41) is 6.42. The minimum Gasteiger partial charge on any atom is -0.495 e. The van der Waals surface area contributed by atoms with E-state index in [1.807, 2.05) is 21.0 Å². The summed E-state index contributed by atoms with van der Waals surface area (Å²) in [4.78, 5) is 23.0. The van der Waals surface area contributed by atoms with Crippen LogP contribution in [0.25, 0.3) is 0 Å². The summed E-state index contributed by atoms with van der Waals surface area (Å²) >= 11 is 6.13. The predicted molar refractivity (Wildman–Crippen MR) is 104 cm³/mol. The van der Waals surface area contributed by atoms with Crippen LogP contribution in [0.2, 0.25) is 5.02 Å². The lowest BCUT2D eigenvalue weighted by Crippen LogP contribution is -2.28. The number of aromatic nitrogens is 2. The Morgan fingerprint density at radius 2 is 2.04 bits per heavy atom. The first-order chi connectivity index (χ1) is 12.4. The van der Waals surface area contributed by atoms with E-state index < -0.39 is 0 Å². The van der Waals surface area contributed by atoms with Gasteiger partial charge in [-0.3, -0.25) is 4.79 Å². The Balaban J connectivity index is 2.06. The van der Waals surface area contributed by atoms with Crippen molar-refractivity contribution in [2.24, 2.45) is 0 Å². The first kappa shape index (κ1) is 19.9. The van der Waals surface area contributed by atoms with Crippen LogP contribution < -0.4 is 15.4 Å². The summed E-state index contributed by atoms with van der Waals surface area (Å²) in [5.74, 6) is 0.704. The van der Waals surface area contributed by atoms with Crippen molar-refractivity contribution in [2.75, 3.05) is 39.6 Å². The van der Waals surface area contributed by atoms with Crippen LogP contribution in [0.1, 0.15) is 22.6 Å². The Morgan fingerprint density at radius 1 is 1.27 bits per heavy atom. The highest BCUT2D eigenvalue weighted by atomic mass is 35.5. The minimum absolute atomic E-state index is 0.218.